The summed E-state index contributed by atoms with van der Waals surface area (Å²) in [6.45, 7) is 10.9. The summed E-state index contributed by atoms with van der Waals surface area (Å²) in [4.78, 5) is 2.55. The van der Waals surface area contributed by atoms with Gasteiger partial charge in [-0.2, -0.15) is 0 Å². The molecule has 1 aliphatic rings. The molecule has 3 unspecified atom stereocenters. The Labute approximate surface area is 118 Å². The van der Waals surface area contributed by atoms with E-state index in [2.05, 4.69) is 31.0 Å². The van der Waals surface area contributed by atoms with Crippen LogP contribution in [0.5, 0.6) is 0 Å². The van der Waals surface area contributed by atoms with Gasteiger partial charge in [-0.05, 0) is 58.2 Å². The summed E-state index contributed by atoms with van der Waals surface area (Å²) < 4.78 is 0. The van der Waals surface area contributed by atoms with E-state index < -0.39 is 0 Å². The third-order valence-corrected chi connectivity index (χ3v) is 4.64. The zero-order valence-electron chi connectivity index (χ0n) is 13.0. The molecule has 0 aromatic carbocycles. The van der Waals surface area contributed by atoms with E-state index in [0.717, 1.165) is 19.4 Å². The van der Waals surface area contributed by atoms with Crippen molar-refractivity contribution in [2.75, 3.05) is 32.8 Å². The molecule has 19 heavy (non-hydrogen) atoms. The van der Waals surface area contributed by atoms with Gasteiger partial charge in [-0.3, -0.25) is 0 Å². The molecule has 0 bridgehead atoms. The summed E-state index contributed by atoms with van der Waals surface area (Å²) >= 11 is 0. The summed E-state index contributed by atoms with van der Waals surface area (Å²) in [6, 6.07) is 0.311. The molecule has 1 fully saturated rings. The molecule has 4 nitrogen and oxygen atoms in total. The Kier molecular flexibility index (Phi) is 7.29. The van der Waals surface area contributed by atoms with Gasteiger partial charge in [0.05, 0.1) is 0 Å². The summed E-state index contributed by atoms with van der Waals surface area (Å²) in [5, 5.41) is 13.0. The number of rotatable bonds is 7. The van der Waals surface area contributed by atoms with Crippen molar-refractivity contribution in [3.8, 4) is 0 Å². The largest absolute Gasteiger partial charge is 0.396 e. The van der Waals surface area contributed by atoms with Crippen LogP contribution in [-0.2, 0) is 0 Å². The van der Waals surface area contributed by atoms with Crippen molar-refractivity contribution in [1.29, 1.82) is 0 Å². The molecule has 0 aliphatic carbocycles. The Morgan fingerprint density at radius 3 is 2.63 bits per heavy atom. The van der Waals surface area contributed by atoms with Crippen LogP contribution >= 0.6 is 0 Å². The molecule has 1 heterocycles. The van der Waals surface area contributed by atoms with E-state index in [1.54, 1.807) is 0 Å². The molecule has 4 N–H and O–H groups in total. The molecule has 1 aliphatic heterocycles. The highest BCUT2D eigenvalue weighted by Gasteiger charge is 2.33. The van der Waals surface area contributed by atoms with Crippen LogP contribution in [0.25, 0.3) is 0 Å². The maximum atomic E-state index is 9.28. The van der Waals surface area contributed by atoms with Gasteiger partial charge in [0.2, 0.25) is 0 Å². The predicted octanol–water partition coefficient (Wildman–Crippen LogP) is 1.19. The van der Waals surface area contributed by atoms with Gasteiger partial charge in [0.25, 0.3) is 0 Å². The zero-order valence-corrected chi connectivity index (χ0v) is 13.0. The molecule has 0 aromatic rings. The molecule has 0 aromatic heterocycles. The van der Waals surface area contributed by atoms with Crippen LogP contribution in [-0.4, -0.2) is 54.4 Å². The average Bonchev–Trinajstić information content (AvgIpc) is 2.62. The number of hydrogen-bond donors (Lipinski definition) is 3. The highest BCUT2D eigenvalue weighted by molar-refractivity contribution is 4.94. The molecule has 1 saturated heterocycles. The zero-order chi connectivity index (χ0) is 14.3. The average molecular weight is 271 g/mol. The number of nitrogens with one attached hydrogen (secondary N) is 1. The van der Waals surface area contributed by atoms with E-state index >= 15 is 0 Å². The molecule has 0 radical (unpaired) electrons. The molecule has 114 valence electrons. The van der Waals surface area contributed by atoms with E-state index in [9.17, 15) is 5.11 Å². The summed E-state index contributed by atoms with van der Waals surface area (Å²) in [6.07, 6.45) is 4.70. The molecular weight excluding hydrogens is 238 g/mol. The van der Waals surface area contributed by atoms with E-state index in [1.165, 1.54) is 25.9 Å². The van der Waals surface area contributed by atoms with Gasteiger partial charge < -0.3 is 21.1 Å². The van der Waals surface area contributed by atoms with Crippen molar-refractivity contribution in [1.82, 2.24) is 10.2 Å². The monoisotopic (exact) mass is 271 g/mol. The number of hydrogen-bond acceptors (Lipinski definition) is 4. The van der Waals surface area contributed by atoms with Crippen molar-refractivity contribution < 1.29 is 5.11 Å². The maximum Gasteiger partial charge on any atom is 0.0471 e. The SMILES string of the molecule is CCCN1CCCC(CN)(NC(C)C(C)CO)CC1. The Balaban J connectivity index is 2.59. The van der Waals surface area contributed by atoms with Crippen LogP contribution in [0.4, 0.5) is 0 Å². The van der Waals surface area contributed by atoms with Crippen LogP contribution in [0, 0.1) is 5.92 Å². The topological polar surface area (TPSA) is 61.5 Å². The fourth-order valence-corrected chi connectivity index (χ4v) is 2.98. The lowest BCUT2D eigenvalue weighted by molar-refractivity contribution is 0.170. The predicted molar refractivity (Wildman–Crippen MR) is 81.2 cm³/mol. The van der Waals surface area contributed by atoms with Crippen LogP contribution < -0.4 is 11.1 Å². The summed E-state index contributed by atoms with van der Waals surface area (Å²) in [7, 11) is 0. The standard InChI is InChI=1S/C15H33N3O/c1-4-8-18-9-5-6-15(12-16,7-10-18)17-14(3)13(2)11-19/h13-14,17,19H,4-12,16H2,1-3H3. The number of aliphatic hydroxyl groups is 1. The van der Waals surface area contributed by atoms with Crippen molar-refractivity contribution in [2.24, 2.45) is 11.7 Å². The summed E-state index contributed by atoms with van der Waals surface area (Å²) in [5.41, 5.74) is 6.13. The number of nitrogens with two attached hydrogens (primary N) is 1. The van der Waals surface area contributed by atoms with Crippen molar-refractivity contribution in [3.63, 3.8) is 0 Å². The van der Waals surface area contributed by atoms with Gasteiger partial charge in [-0.1, -0.05) is 13.8 Å². The van der Waals surface area contributed by atoms with Crippen LogP contribution in [0.3, 0.4) is 0 Å². The first-order chi connectivity index (χ1) is 9.06. The molecule has 1 rings (SSSR count). The Morgan fingerprint density at radius 2 is 2.05 bits per heavy atom. The highest BCUT2D eigenvalue weighted by atomic mass is 16.3. The smallest absolute Gasteiger partial charge is 0.0471 e. The lowest BCUT2D eigenvalue weighted by atomic mass is 9.88. The molecule has 0 spiro atoms. The van der Waals surface area contributed by atoms with Crippen LogP contribution in [0.2, 0.25) is 0 Å². The second-order valence-corrected chi connectivity index (χ2v) is 6.27. The Morgan fingerprint density at radius 1 is 1.32 bits per heavy atom. The molecular formula is C15H33N3O. The van der Waals surface area contributed by atoms with Gasteiger partial charge in [0.15, 0.2) is 0 Å². The molecule has 3 atom stereocenters. The van der Waals surface area contributed by atoms with Gasteiger partial charge >= 0.3 is 0 Å². The lowest BCUT2D eigenvalue weighted by Crippen LogP contribution is -2.56. The van der Waals surface area contributed by atoms with Gasteiger partial charge in [0.1, 0.15) is 0 Å². The first-order valence-corrected chi connectivity index (χ1v) is 7.88. The lowest BCUT2D eigenvalue weighted by Gasteiger charge is -2.37. The quantitative estimate of drug-likeness (QED) is 0.651. The number of aliphatic hydroxyl groups excluding tert-OH is 1. The minimum absolute atomic E-state index is 0.0609. The normalized spacial score (nSPS) is 28.9. The number of nitrogens with zero attached hydrogens (tertiary/aromatic N) is 1. The van der Waals surface area contributed by atoms with Crippen molar-refractivity contribution in [2.45, 2.75) is 58.0 Å². The third-order valence-electron chi connectivity index (χ3n) is 4.64. The molecule has 0 saturated carbocycles. The van der Waals surface area contributed by atoms with Gasteiger partial charge in [-0.25, -0.2) is 0 Å². The van der Waals surface area contributed by atoms with Crippen molar-refractivity contribution in [3.05, 3.63) is 0 Å². The fourth-order valence-electron chi connectivity index (χ4n) is 2.98. The number of likely N-dealkylation sites (tertiary alicyclic amines) is 1. The Hall–Kier alpha value is -0.160. The maximum absolute atomic E-state index is 9.28. The Bertz CT molecular complexity index is 250. The van der Waals surface area contributed by atoms with Gasteiger partial charge in [0, 0.05) is 24.7 Å². The minimum Gasteiger partial charge on any atom is -0.396 e. The van der Waals surface area contributed by atoms with Gasteiger partial charge in [-0.15, -0.1) is 0 Å². The van der Waals surface area contributed by atoms with E-state index in [4.69, 9.17) is 5.73 Å². The van der Waals surface area contributed by atoms with Crippen molar-refractivity contribution >= 4 is 0 Å². The second kappa shape index (κ2) is 8.20. The highest BCUT2D eigenvalue weighted by Crippen LogP contribution is 2.23. The fraction of sp³-hybridized carbons (Fsp3) is 1.00. The third kappa shape index (κ3) is 5.03. The first kappa shape index (κ1) is 16.9. The van der Waals surface area contributed by atoms with E-state index in [-0.39, 0.29) is 18.1 Å². The first-order valence-electron chi connectivity index (χ1n) is 7.88. The van der Waals surface area contributed by atoms with Crippen LogP contribution in [0.1, 0.15) is 46.5 Å². The minimum atomic E-state index is 0.0609. The van der Waals surface area contributed by atoms with Crippen LogP contribution in [0.15, 0.2) is 0 Å². The van der Waals surface area contributed by atoms with E-state index in [0.29, 0.717) is 12.6 Å². The second-order valence-electron chi connectivity index (χ2n) is 6.27. The molecule has 0 amide bonds. The summed E-state index contributed by atoms with van der Waals surface area (Å²) in [5.74, 6) is 0.276. The molecule has 4 heteroatoms. The van der Waals surface area contributed by atoms with E-state index in [1.807, 2.05) is 0 Å².